The number of para-hydroxylation sites is 2. The van der Waals surface area contributed by atoms with Gasteiger partial charge in [0.25, 0.3) is 0 Å². The first-order valence-electron chi connectivity index (χ1n) is 15.1. The number of benzene rings is 6. The fourth-order valence-corrected chi connectivity index (χ4v) is 9.62. The lowest BCUT2D eigenvalue weighted by atomic mass is 9.83. The molecule has 9 aromatic rings. The zero-order valence-electron chi connectivity index (χ0n) is 24.8. The smallest absolute Gasteiger partial charge is 0.140 e. The molecule has 6 aromatic carbocycles. The van der Waals surface area contributed by atoms with Gasteiger partial charge in [0.2, 0.25) is 0 Å². The summed E-state index contributed by atoms with van der Waals surface area (Å²) in [6.45, 7) is 0. The van der Waals surface area contributed by atoms with Gasteiger partial charge < -0.3 is 4.74 Å². The van der Waals surface area contributed by atoms with E-state index in [1.807, 2.05) is 12.1 Å². The first-order chi connectivity index (χ1) is 22.7. The van der Waals surface area contributed by atoms with Crippen LogP contribution in [0.1, 0.15) is 22.6 Å². The van der Waals surface area contributed by atoms with E-state index in [4.69, 9.17) is 14.7 Å². The third-order valence-electron chi connectivity index (χ3n) is 8.57. The monoisotopic (exact) mass is 646 g/mol. The molecule has 6 heteroatoms. The molecule has 0 spiro atoms. The molecule has 0 N–H and O–H groups in total. The number of fused-ring (bicyclic) bond motifs is 5. The van der Waals surface area contributed by atoms with Gasteiger partial charge in [-0.3, -0.25) is 0 Å². The maximum absolute atomic E-state index is 6.31. The van der Waals surface area contributed by atoms with Crippen LogP contribution in [0.15, 0.2) is 133 Å². The van der Waals surface area contributed by atoms with Crippen LogP contribution in [0.25, 0.3) is 61.7 Å². The fourth-order valence-electron chi connectivity index (χ4n) is 6.46. The van der Waals surface area contributed by atoms with Crippen LogP contribution < -0.4 is 4.74 Å². The zero-order chi connectivity index (χ0) is 30.6. The van der Waals surface area contributed by atoms with E-state index in [1.54, 1.807) is 41.1 Å². The largest absolute Gasteiger partial charge is 0.495 e. The maximum atomic E-state index is 6.31. The summed E-state index contributed by atoms with van der Waals surface area (Å²) in [6, 6.07) is 47.6. The van der Waals surface area contributed by atoms with Gasteiger partial charge in [0, 0.05) is 38.1 Å². The van der Waals surface area contributed by atoms with E-state index < -0.39 is 0 Å². The highest BCUT2D eigenvalue weighted by molar-refractivity contribution is 7.26. The first kappa shape index (κ1) is 27.4. The molecule has 3 aromatic heterocycles. The van der Waals surface area contributed by atoms with Gasteiger partial charge in [-0.25, -0.2) is 9.97 Å². The van der Waals surface area contributed by atoms with Gasteiger partial charge in [0.1, 0.15) is 15.8 Å². The molecular formula is C40H26N2OS3. The number of thiazole rings is 2. The molecule has 3 nitrogen and oxygen atoms in total. The fraction of sp³-hybridized carbons (Fsp3) is 0.0500. The van der Waals surface area contributed by atoms with E-state index in [2.05, 4.69) is 121 Å². The molecule has 0 radical (unpaired) electrons. The Morgan fingerprint density at radius 3 is 1.67 bits per heavy atom. The molecule has 0 aliphatic carbocycles. The summed E-state index contributed by atoms with van der Waals surface area (Å²) >= 11 is 5.27. The number of methoxy groups -OCH3 is 1. The highest BCUT2D eigenvalue weighted by atomic mass is 32.1. The van der Waals surface area contributed by atoms with E-state index in [9.17, 15) is 0 Å². The Kier molecular flexibility index (Phi) is 6.66. The minimum atomic E-state index is -0.0757. The second-order valence-corrected chi connectivity index (χ2v) is 14.4. The SMILES string of the molecule is COc1c(C(c2cccc(-c3nc4ccccc4s3)c2)c2cccc(-c3nc4ccccc4s3)c2)ccc2c1sc1ccccc12. The van der Waals surface area contributed by atoms with Crippen LogP contribution in [0.4, 0.5) is 0 Å². The molecule has 3 heterocycles. The normalized spacial score (nSPS) is 11.8. The van der Waals surface area contributed by atoms with E-state index in [1.165, 1.54) is 40.7 Å². The Bertz CT molecular complexity index is 2370. The van der Waals surface area contributed by atoms with Crippen LogP contribution in [-0.4, -0.2) is 17.1 Å². The van der Waals surface area contributed by atoms with Crippen LogP contribution in [-0.2, 0) is 0 Å². The molecule has 0 fully saturated rings. The van der Waals surface area contributed by atoms with Gasteiger partial charge in [0.05, 0.1) is 32.2 Å². The number of ether oxygens (including phenoxy) is 1. The van der Waals surface area contributed by atoms with Crippen molar-refractivity contribution in [2.45, 2.75) is 5.92 Å². The summed E-state index contributed by atoms with van der Waals surface area (Å²) in [5, 5.41) is 4.54. The van der Waals surface area contributed by atoms with Crippen molar-refractivity contribution in [3.63, 3.8) is 0 Å². The molecule has 0 saturated carbocycles. The van der Waals surface area contributed by atoms with Gasteiger partial charge in [-0.2, -0.15) is 0 Å². The van der Waals surface area contributed by atoms with Crippen molar-refractivity contribution in [1.82, 2.24) is 9.97 Å². The third-order valence-corrected chi connectivity index (χ3v) is 11.9. The average molecular weight is 647 g/mol. The van der Waals surface area contributed by atoms with Crippen molar-refractivity contribution >= 4 is 74.6 Å². The van der Waals surface area contributed by atoms with Crippen molar-refractivity contribution < 1.29 is 4.74 Å². The van der Waals surface area contributed by atoms with Crippen LogP contribution in [0.5, 0.6) is 5.75 Å². The molecule has 9 rings (SSSR count). The molecule has 0 saturated heterocycles. The van der Waals surface area contributed by atoms with Crippen LogP contribution in [0.3, 0.4) is 0 Å². The molecule has 0 aliphatic rings. The van der Waals surface area contributed by atoms with Gasteiger partial charge in [-0.05, 0) is 53.6 Å². The van der Waals surface area contributed by atoms with Crippen molar-refractivity contribution in [3.05, 3.63) is 150 Å². The van der Waals surface area contributed by atoms with Crippen LogP contribution >= 0.6 is 34.0 Å². The zero-order valence-corrected chi connectivity index (χ0v) is 27.3. The first-order valence-corrected chi connectivity index (χ1v) is 17.6. The maximum Gasteiger partial charge on any atom is 0.140 e. The van der Waals surface area contributed by atoms with Gasteiger partial charge in [0.15, 0.2) is 0 Å². The minimum Gasteiger partial charge on any atom is -0.495 e. The predicted octanol–water partition coefficient (Wildman–Crippen LogP) is 11.8. The predicted molar refractivity (Wildman–Crippen MR) is 197 cm³/mol. The molecule has 0 bridgehead atoms. The Morgan fingerprint density at radius 1 is 0.522 bits per heavy atom. The lowest BCUT2D eigenvalue weighted by Gasteiger charge is -2.23. The summed E-state index contributed by atoms with van der Waals surface area (Å²) in [5.74, 6) is 0.854. The van der Waals surface area contributed by atoms with Crippen LogP contribution in [0, 0.1) is 0 Å². The summed E-state index contributed by atoms with van der Waals surface area (Å²) in [6.07, 6.45) is 0. The standard InChI is InChI=1S/C40H26N2OS3/c1-43-37-30(21-20-29-28-14-2-5-17-33(28)44-38(29)37)36(24-10-8-12-26(22-24)39-41-31-15-3-6-18-34(31)45-39)25-11-9-13-27(23-25)40-42-32-16-4-7-19-35(32)46-40/h2-23,36H,1H3. The van der Waals surface area contributed by atoms with Gasteiger partial charge in [-0.15, -0.1) is 34.0 Å². The molecule has 0 amide bonds. The van der Waals surface area contributed by atoms with E-state index in [0.717, 1.165) is 43.5 Å². The lowest BCUT2D eigenvalue weighted by Crippen LogP contribution is -2.06. The van der Waals surface area contributed by atoms with Crippen molar-refractivity contribution in [2.24, 2.45) is 0 Å². The number of nitrogens with zero attached hydrogens (tertiary/aromatic N) is 2. The quantitative estimate of drug-likeness (QED) is 0.169. The highest BCUT2D eigenvalue weighted by Gasteiger charge is 2.25. The number of thiophene rings is 1. The average Bonchev–Trinajstić information content (AvgIpc) is 3.84. The second kappa shape index (κ2) is 11.2. The number of hydrogen-bond acceptors (Lipinski definition) is 6. The third kappa shape index (κ3) is 4.60. The minimum absolute atomic E-state index is 0.0757. The Hall–Kier alpha value is -4.88. The highest BCUT2D eigenvalue weighted by Crippen LogP contribution is 2.47. The molecule has 46 heavy (non-hydrogen) atoms. The summed E-state index contributed by atoms with van der Waals surface area (Å²) in [4.78, 5) is 9.98. The van der Waals surface area contributed by atoms with Crippen molar-refractivity contribution in [2.75, 3.05) is 7.11 Å². The Labute approximate surface area is 278 Å². The molecule has 0 atom stereocenters. The van der Waals surface area contributed by atoms with E-state index in [-0.39, 0.29) is 5.92 Å². The number of aromatic nitrogens is 2. The van der Waals surface area contributed by atoms with Gasteiger partial charge >= 0.3 is 0 Å². The molecule has 0 unspecified atom stereocenters. The van der Waals surface area contributed by atoms with Crippen molar-refractivity contribution in [3.8, 4) is 26.9 Å². The Morgan fingerprint density at radius 2 is 1.09 bits per heavy atom. The molecular weight excluding hydrogens is 621 g/mol. The summed E-state index contributed by atoms with van der Waals surface area (Å²) < 4.78 is 11.1. The topological polar surface area (TPSA) is 35.0 Å². The summed E-state index contributed by atoms with van der Waals surface area (Å²) in [5.41, 5.74) is 7.83. The number of rotatable bonds is 6. The summed E-state index contributed by atoms with van der Waals surface area (Å²) in [7, 11) is 1.80. The molecule has 220 valence electrons. The van der Waals surface area contributed by atoms with E-state index in [0.29, 0.717) is 0 Å². The molecule has 0 aliphatic heterocycles. The second-order valence-electron chi connectivity index (χ2n) is 11.3. The van der Waals surface area contributed by atoms with E-state index >= 15 is 0 Å². The Balaban J connectivity index is 1.25. The van der Waals surface area contributed by atoms with Crippen molar-refractivity contribution in [1.29, 1.82) is 0 Å². The number of hydrogen-bond donors (Lipinski definition) is 0. The lowest BCUT2D eigenvalue weighted by molar-refractivity contribution is 0.415. The van der Waals surface area contributed by atoms with Crippen LogP contribution in [0.2, 0.25) is 0 Å². The van der Waals surface area contributed by atoms with Gasteiger partial charge in [-0.1, -0.05) is 91.0 Å².